The molecule has 1 aliphatic heterocycles. The fourth-order valence-corrected chi connectivity index (χ4v) is 3.21. The van der Waals surface area contributed by atoms with Gasteiger partial charge in [0.25, 0.3) is 11.8 Å². The highest BCUT2D eigenvalue weighted by atomic mass is 35.5. The maximum absolute atomic E-state index is 12.9. The van der Waals surface area contributed by atoms with Gasteiger partial charge in [-0.15, -0.1) is 0 Å². The zero-order chi connectivity index (χ0) is 21.8. The number of nitrogens with one attached hydrogen (secondary N) is 1. The molecule has 154 valence electrons. The van der Waals surface area contributed by atoms with Gasteiger partial charge in [0.05, 0.1) is 5.69 Å². The Morgan fingerprint density at radius 3 is 2.39 bits per heavy atom. The van der Waals surface area contributed by atoms with Gasteiger partial charge in [0.15, 0.2) is 0 Å². The molecule has 1 heterocycles. The number of carbonyl (C=O) groups is 3. The smallest absolute Gasteiger partial charge is 0.335 e. The number of ether oxygens (including phenoxy) is 1. The number of imide groups is 2. The van der Waals surface area contributed by atoms with E-state index in [0.29, 0.717) is 28.6 Å². The highest BCUT2D eigenvalue weighted by molar-refractivity contribution is 6.39. The highest BCUT2D eigenvalue weighted by Gasteiger charge is 2.36. The SMILES string of the molecule is O=C1NC(=O)N(c2ccc(Cl)cc2)C(=O)C1=Cc1cccc(OCc2ccccc2)c1. The van der Waals surface area contributed by atoms with Gasteiger partial charge in [0.1, 0.15) is 17.9 Å². The number of anilines is 1. The van der Waals surface area contributed by atoms with Crippen LogP contribution in [0.3, 0.4) is 0 Å². The molecule has 1 N–H and O–H groups in total. The van der Waals surface area contributed by atoms with Gasteiger partial charge in [-0.1, -0.05) is 54.1 Å². The van der Waals surface area contributed by atoms with Crippen molar-refractivity contribution < 1.29 is 19.1 Å². The molecule has 3 aromatic carbocycles. The van der Waals surface area contributed by atoms with E-state index in [1.807, 2.05) is 30.3 Å². The number of benzene rings is 3. The molecule has 0 aliphatic carbocycles. The minimum absolute atomic E-state index is 0.158. The summed E-state index contributed by atoms with van der Waals surface area (Å²) >= 11 is 5.88. The van der Waals surface area contributed by atoms with Gasteiger partial charge < -0.3 is 4.74 Å². The Hall–Kier alpha value is -3.90. The third-order valence-electron chi connectivity index (χ3n) is 4.60. The summed E-state index contributed by atoms with van der Waals surface area (Å²) in [6, 6.07) is 22.1. The average molecular weight is 433 g/mol. The van der Waals surface area contributed by atoms with Crippen LogP contribution < -0.4 is 15.0 Å². The standard InChI is InChI=1S/C24H17ClN2O4/c25-18-9-11-19(12-10-18)27-23(29)21(22(28)26-24(27)30)14-17-7-4-8-20(13-17)31-15-16-5-2-1-3-6-16/h1-14H,15H2,(H,26,28,30). The van der Waals surface area contributed by atoms with Crippen molar-refractivity contribution in [2.45, 2.75) is 6.61 Å². The predicted octanol–water partition coefficient (Wildman–Crippen LogP) is 4.59. The first kappa shape index (κ1) is 20.4. The number of urea groups is 1. The van der Waals surface area contributed by atoms with Gasteiger partial charge in [-0.3, -0.25) is 14.9 Å². The van der Waals surface area contributed by atoms with E-state index in [1.165, 1.54) is 18.2 Å². The summed E-state index contributed by atoms with van der Waals surface area (Å²) < 4.78 is 5.80. The lowest BCUT2D eigenvalue weighted by molar-refractivity contribution is -0.122. The van der Waals surface area contributed by atoms with Crippen LogP contribution in [0.25, 0.3) is 6.08 Å². The Balaban J connectivity index is 1.58. The molecule has 0 spiro atoms. The molecule has 31 heavy (non-hydrogen) atoms. The average Bonchev–Trinajstić information content (AvgIpc) is 2.77. The minimum atomic E-state index is -0.811. The van der Waals surface area contributed by atoms with Gasteiger partial charge in [-0.25, -0.2) is 9.69 Å². The Labute approximate surface area is 183 Å². The van der Waals surface area contributed by atoms with Crippen molar-refractivity contribution in [3.8, 4) is 5.75 Å². The number of barbiturate groups is 1. The van der Waals surface area contributed by atoms with Gasteiger partial charge in [-0.05, 0) is 53.6 Å². The molecule has 0 bridgehead atoms. The van der Waals surface area contributed by atoms with Crippen molar-refractivity contribution in [2.75, 3.05) is 4.90 Å². The summed E-state index contributed by atoms with van der Waals surface area (Å²) in [7, 11) is 0. The Kier molecular flexibility index (Phi) is 5.82. The minimum Gasteiger partial charge on any atom is -0.489 e. The number of amides is 4. The van der Waals surface area contributed by atoms with Crippen molar-refractivity contribution in [2.24, 2.45) is 0 Å². The first-order valence-corrected chi connectivity index (χ1v) is 9.83. The van der Waals surface area contributed by atoms with Crippen LogP contribution in [0.4, 0.5) is 10.5 Å². The van der Waals surface area contributed by atoms with Crippen molar-refractivity contribution in [1.29, 1.82) is 0 Å². The first-order valence-electron chi connectivity index (χ1n) is 9.45. The Morgan fingerprint density at radius 1 is 0.903 bits per heavy atom. The predicted molar refractivity (Wildman–Crippen MR) is 118 cm³/mol. The van der Waals surface area contributed by atoms with Crippen molar-refractivity contribution in [3.63, 3.8) is 0 Å². The second-order valence-electron chi connectivity index (χ2n) is 6.78. The molecule has 0 radical (unpaired) electrons. The number of nitrogens with zero attached hydrogens (tertiary/aromatic N) is 1. The van der Waals surface area contributed by atoms with E-state index in [4.69, 9.17) is 16.3 Å². The van der Waals surface area contributed by atoms with E-state index >= 15 is 0 Å². The fourth-order valence-electron chi connectivity index (χ4n) is 3.08. The zero-order valence-electron chi connectivity index (χ0n) is 16.2. The lowest BCUT2D eigenvalue weighted by Gasteiger charge is -2.26. The first-order chi connectivity index (χ1) is 15.0. The van der Waals surface area contributed by atoms with Crippen LogP contribution in [-0.2, 0) is 16.2 Å². The molecule has 0 aromatic heterocycles. The molecular weight excluding hydrogens is 416 g/mol. The van der Waals surface area contributed by atoms with Crippen molar-refractivity contribution in [1.82, 2.24) is 5.32 Å². The number of halogens is 1. The molecule has 4 rings (SSSR count). The lowest BCUT2D eigenvalue weighted by Crippen LogP contribution is -2.54. The van der Waals surface area contributed by atoms with Crippen LogP contribution in [-0.4, -0.2) is 17.8 Å². The number of rotatable bonds is 5. The molecule has 6 nitrogen and oxygen atoms in total. The summed E-state index contributed by atoms with van der Waals surface area (Å²) in [4.78, 5) is 38.5. The molecule has 0 atom stereocenters. The lowest BCUT2D eigenvalue weighted by atomic mass is 10.1. The molecule has 1 aliphatic rings. The zero-order valence-corrected chi connectivity index (χ0v) is 17.0. The van der Waals surface area contributed by atoms with E-state index in [2.05, 4.69) is 5.32 Å². The van der Waals surface area contributed by atoms with E-state index < -0.39 is 17.8 Å². The van der Waals surface area contributed by atoms with Crippen molar-refractivity contribution in [3.05, 3.63) is 101 Å². The molecule has 7 heteroatoms. The molecule has 1 fully saturated rings. The van der Waals surface area contributed by atoms with E-state index in [-0.39, 0.29) is 5.57 Å². The summed E-state index contributed by atoms with van der Waals surface area (Å²) in [6.07, 6.45) is 1.43. The number of carbonyl (C=O) groups excluding carboxylic acids is 3. The summed E-state index contributed by atoms with van der Waals surface area (Å²) in [5.41, 5.74) is 1.76. The van der Waals surface area contributed by atoms with E-state index in [0.717, 1.165) is 10.5 Å². The fraction of sp³-hybridized carbons (Fsp3) is 0.0417. The van der Waals surface area contributed by atoms with E-state index in [1.54, 1.807) is 36.4 Å². The third-order valence-corrected chi connectivity index (χ3v) is 4.86. The van der Waals surface area contributed by atoms with Gasteiger partial charge in [-0.2, -0.15) is 0 Å². The van der Waals surface area contributed by atoms with E-state index in [9.17, 15) is 14.4 Å². The molecule has 0 unspecified atom stereocenters. The van der Waals surface area contributed by atoms with Gasteiger partial charge >= 0.3 is 6.03 Å². The molecular formula is C24H17ClN2O4. The highest BCUT2D eigenvalue weighted by Crippen LogP contribution is 2.24. The van der Waals surface area contributed by atoms with Crippen molar-refractivity contribution >= 4 is 41.2 Å². The van der Waals surface area contributed by atoms with Crippen LogP contribution in [0, 0.1) is 0 Å². The second kappa shape index (κ2) is 8.85. The van der Waals surface area contributed by atoms with Crippen LogP contribution in [0.2, 0.25) is 5.02 Å². The van der Waals surface area contributed by atoms with Crippen LogP contribution >= 0.6 is 11.6 Å². The van der Waals surface area contributed by atoms with Gasteiger partial charge in [0, 0.05) is 5.02 Å². The maximum atomic E-state index is 12.9. The number of hydrogen-bond acceptors (Lipinski definition) is 4. The summed E-state index contributed by atoms with van der Waals surface area (Å²) in [5.74, 6) is -0.880. The molecule has 0 saturated carbocycles. The maximum Gasteiger partial charge on any atom is 0.335 e. The summed E-state index contributed by atoms with van der Waals surface area (Å²) in [6.45, 7) is 0.388. The van der Waals surface area contributed by atoms with Crippen LogP contribution in [0.1, 0.15) is 11.1 Å². The molecule has 1 saturated heterocycles. The quantitative estimate of drug-likeness (QED) is 0.472. The van der Waals surface area contributed by atoms with Crippen LogP contribution in [0.15, 0.2) is 84.4 Å². The number of hydrogen-bond donors (Lipinski definition) is 1. The second-order valence-corrected chi connectivity index (χ2v) is 7.22. The van der Waals surface area contributed by atoms with Crippen LogP contribution in [0.5, 0.6) is 5.75 Å². The summed E-state index contributed by atoms with van der Waals surface area (Å²) in [5, 5.41) is 2.66. The monoisotopic (exact) mass is 432 g/mol. The normalized spacial score (nSPS) is 15.2. The molecule has 4 amide bonds. The Bertz CT molecular complexity index is 1170. The topological polar surface area (TPSA) is 75.7 Å². The molecule has 3 aromatic rings. The van der Waals surface area contributed by atoms with Gasteiger partial charge in [0.2, 0.25) is 0 Å². The third kappa shape index (κ3) is 4.65. The largest absolute Gasteiger partial charge is 0.489 e. The Morgan fingerprint density at radius 2 is 1.65 bits per heavy atom.